The van der Waals surface area contributed by atoms with Crippen LogP contribution in [0.5, 0.6) is 0 Å². The van der Waals surface area contributed by atoms with E-state index >= 15 is 0 Å². The number of rotatable bonds is 2. The number of nitrogens with two attached hydrogens (primary N) is 1. The zero-order valence-electron chi connectivity index (χ0n) is 8.72. The molecule has 2 fully saturated rings. The number of nitrogens with zero attached hydrogens (tertiary/aromatic N) is 3. The summed E-state index contributed by atoms with van der Waals surface area (Å²) in [6.45, 7) is 2.08. The molecule has 15 heavy (non-hydrogen) atoms. The van der Waals surface area contributed by atoms with Crippen LogP contribution in [0.3, 0.4) is 0 Å². The minimum Gasteiger partial charge on any atom is -0.347 e. The molecule has 0 bridgehead atoms. The topological polar surface area (TPSA) is 55.0 Å². The van der Waals surface area contributed by atoms with Crippen LogP contribution in [0.2, 0.25) is 0 Å². The van der Waals surface area contributed by atoms with E-state index in [0.717, 1.165) is 36.9 Å². The smallest absolute Gasteiger partial charge is 0.205 e. The van der Waals surface area contributed by atoms with Crippen LogP contribution in [-0.4, -0.2) is 28.5 Å². The highest BCUT2D eigenvalue weighted by Gasteiger charge is 2.29. The van der Waals surface area contributed by atoms with Crippen molar-refractivity contribution in [2.45, 2.75) is 37.6 Å². The van der Waals surface area contributed by atoms with Gasteiger partial charge in [0.15, 0.2) is 0 Å². The molecule has 4 nitrogen and oxygen atoms in total. The second-order valence-electron chi connectivity index (χ2n) is 4.53. The first-order valence-corrected chi connectivity index (χ1v) is 6.44. The van der Waals surface area contributed by atoms with Gasteiger partial charge in [-0.2, -0.15) is 4.37 Å². The average Bonchev–Trinajstić information content (AvgIpc) is 2.99. The van der Waals surface area contributed by atoms with Crippen LogP contribution in [0.4, 0.5) is 5.13 Å². The van der Waals surface area contributed by atoms with Crippen LogP contribution >= 0.6 is 11.5 Å². The quantitative estimate of drug-likeness (QED) is 0.823. The first-order valence-electron chi connectivity index (χ1n) is 5.67. The van der Waals surface area contributed by atoms with Gasteiger partial charge >= 0.3 is 0 Å². The number of hydrogen-bond donors (Lipinski definition) is 1. The molecule has 0 amide bonds. The average molecular weight is 224 g/mol. The minimum absolute atomic E-state index is 0.386. The van der Waals surface area contributed by atoms with Crippen LogP contribution in [0.25, 0.3) is 0 Å². The van der Waals surface area contributed by atoms with Crippen molar-refractivity contribution in [3.63, 3.8) is 0 Å². The van der Waals surface area contributed by atoms with E-state index in [2.05, 4.69) is 14.3 Å². The molecule has 3 rings (SSSR count). The maximum Gasteiger partial charge on any atom is 0.205 e. The van der Waals surface area contributed by atoms with E-state index in [1.807, 2.05) is 0 Å². The van der Waals surface area contributed by atoms with Gasteiger partial charge < -0.3 is 10.6 Å². The molecule has 1 saturated heterocycles. The highest BCUT2D eigenvalue weighted by Crippen LogP contribution is 2.39. The second-order valence-corrected chi connectivity index (χ2v) is 5.26. The van der Waals surface area contributed by atoms with Gasteiger partial charge in [0, 0.05) is 36.6 Å². The molecule has 0 atom stereocenters. The van der Waals surface area contributed by atoms with Gasteiger partial charge in [0.25, 0.3) is 0 Å². The summed E-state index contributed by atoms with van der Waals surface area (Å²) in [4.78, 5) is 6.94. The van der Waals surface area contributed by atoms with E-state index in [1.54, 1.807) is 11.5 Å². The molecule has 1 aliphatic heterocycles. The van der Waals surface area contributed by atoms with Gasteiger partial charge in [-0.15, -0.1) is 0 Å². The van der Waals surface area contributed by atoms with E-state index < -0.39 is 0 Å². The predicted molar refractivity (Wildman–Crippen MR) is 61.3 cm³/mol. The molecule has 82 valence electrons. The summed E-state index contributed by atoms with van der Waals surface area (Å²) < 4.78 is 4.43. The van der Waals surface area contributed by atoms with Gasteiger partial charge in [-0.05, 0) is 25.7 Å². The summed E-state index contributed by atoms with van der Waals surface area (Å²) in [6.07, 6.45) is 4.72. The van der Waals surface area contributed by atoms with Crippen LogP contribution in [0.1, 0.15) is 37.4 Å². The molecular weight excluding hydrogens is 208 g/mol. The molecular formula is C10H16N4S. The Morgan fingerprint density at radius 3 is 2.60 bits per heavy atom. The Balaban J connectivity index is 1.69. The standard InChI is InChI=1S/C10H16N4S/c11-8-3-5-14(6-4-8)10-12-9(13-15-10)7-1-2-7/h7-8H,1-6,11H2. The highest BCUT2D eigenvalue weighted by molar-refractivity contribution is 7.09. The van der Waals surface area contributed by atoms with Crippen LogP contribution < -0.4 is 10.6 Å². The van der Waals surface area contributed by atoms with Crippen LogP contribution in [-0.2, 0) is 0 Å². The zero-order chi connectivity index (χ0) is 10.3. The molecule has 5 heteroatoms. The third-order valence-electron chi connectivity index (χ3n) is 3.18. The van der Waals surface area contributed by atoms with E-state index in [9.17, 15) is 0 Å². The molecule has 1 saturated carbocycles. The molecule has 2 N–H and O–H groups in total. The van der Waals surface area contributed by atoms with Gasteiger partial charge in [-0.1, -0.05) is 0 Å². The van der Waals surface area contributed by atoms with Crippen LogP contribution in [0.15, 0.2) is 0 Å². The first kappa shape index (κ1) is 9.54. The van der Waals surface area contributed by atoms with Crippen molar-refractivity contribution in [2.24, 2.45) is 5.73 Å². The minimum atomic E-state index is 0.386. The summed E-state index contributed by atoms with van der Waals surface area (Å²) in [6, 6.07) is 0.386. The van der Waals surface area contributed by atoms with Crippen molar-refractivity contribution in [2.75, 3.05) is 18.0 Å². The fourth-order valence-electron chi connectivity index (χ4n) is 1.95. The lowest BCUT2D eigenvalue weighted by atomic mass is 10.1. The first-order chi connectivity index (χ1) is 7.33. The van der Waals surface area contributed by atoms with Crippen molar-refractivity contribution in [1.29, 1.82) is 0 Å². The maximum absolute atomic E-state index is 5.88. The lowest BCUT2D eigenvalue weighted by Gasteiger charge is -2.29. The van der Waals surface area contributed by atoms with Crippen molar-refractivity contribution in [3.8, 4) is 0 Å². The van der Waals surface area contributed by atoms with Gasteiger partial charge in [-0.25, -0.2) is 4.98 Å². The van der Waals surface area contributed by atoms with Crippen LogP contribution in [0, 0.1) is 0 Å². The third-order valence-corrected chi connectivity index (χ3v) is 3.97. The third kappa shape index (κ3) is 1.99. The lowest BCUT2D eigenvalue weighted by molar-refractivity contribution is 0.500. The largest absolute Gasteiger partial charge is 0.347 e. The van der Waals surface area contributed by atoms with Gasteiger partial charge in [0.1, 0.15) is 5.82 Å². The Morgan fingerprint density at radius 2 is 1.93 bits per heavy atom. The summed E-state index contributed by atoms with van der Waals surface area (Å²) in [5.74, 6) is 1.74. The van der Waals surface area contributed by atoms with Gasteiger partial charge in [0.05, 0.1) is 0 Å². The number of aromatic nitrogens is 2. The molecule has 2 aliphatic rings. The SMILES string of the molecule is NC1CCN(c2nc(C3CC3)ns2)CC1. The summed E-state index contributed by atoms with van der Waals surface area (Å²) in [5.41, 5.74) is 5.88. The van der Waals surface area contributed by atoms with E-state index in [1.165, 1.54) is 12.8 Å². The Hall–Kier alpha value is -0.680. The monoisotopic (exact) mass is 224 g/mol. The molecule has 1 aromatic heterocycles. The molecule has 1 aliphatic carbocycles. The van der Waals surface area contributed by atoms with Crippen molar-refractivity contribution >= 4 is 16.7 Å². The number of piperidine rings is 1. The predicted octanol–water partition coefficient (Wildman–Crippen LogP) is 1.34. The molecule has 2 heterocycles. The Bertz CT molecular complexity index is 339. The Morgan fingerprint density at radius 1 is 1.20 bits per heavy atom. The van der Waals surface area contributed by atoms with E-state index in [0.29, 0.717) is 12.0 Å². The molecule has 1 aromatic rings. The molecule has 0 spiro atoms. The molecule has 0 unspecified atom stereocenters. The van der Waals surface area contributed by atoms with Crippen molar-refractivity contribution in [3.05, 3.63) is 5.82 Å². The number of hydrogen-bond acceptors (Lipinski definition) is 5. The highest BCUT2D eigenvalue weighted by atomic mass is 32.1. The molecule has 0 radical (unpaired) electrons. The van der Waals surface area contributed by atoms with Gasteiger partial charge in [0.2, 0.25) is 5.13 Å². The summed E-state index contributed by atoms with van der Waals surface area (Å²) in [5, 5.41) is 1.10. The Labute approximate surface area is 93.7 Å². The van der Waals surface area contributed by atoms with Gasteiger partial charge in [-0.3, -0.25) is 0 Å². The second kappa shape index (κ2) is 3.72. The number of anilines is 1. The normalized spacial score (nSPS) is 23.4. The van der Waals surface area contributed by atoms with E-state index in [-0.39, 0.29) is 0 Å². The maximum atomic E-state index is 5.88. The zero-order valence-corrected chi connectivity index (χ0v) is 9.54. The van der Waals surface area contributed by atoms with Crippen molar-refractivity contribution in [1.82, 2.24) is 9.36 Å². The fraction of sp³-hybridized carbons (Fsp3) is 0.800. The van der Waals surface area contributed by atoms with Crippen molar-refractivity contribution < 1.29 is 0 Å². The summed E-state index contributed by atoms with van der Waals surface area (Å²) in [7, 11) is 0. The lowest BCUT2D eigenvalue weighted by Crippen LogP contribution is -2.39. The Kier molecular flexibility index (Phi) is 2.36. The molecule has 0 aromatic carbocycles. The summed E-state index contributed by atoms with van der Waals surface area (Å²) >= 11 is 1.55. The fourth-order valence-corrected chi connectivity index (χ4v) is 2.75. The van der Waals surface area contributed by atoms with E-state index in [4.69, 9.17) is 5.73 Å².